The normalized spacial score (nSPS) is 37.3. The van der Waals surface area contributed by atoms with Crippen LogP contribution in [0.1, 0.15) is 39.0 Å². The molecule has 2 atom stereocenters. The zero-order valence-electron chi connectivity index (χ0n) is 7.55. The standard InChI is InChI=1S/C9H17NO2/c1-9(8(11)12)6-4-2-3-5-7(9)10/h7H,2-6,10H2,1H3,(H,11,12)/t7-,9-/m0/s1. The maximum Gasteiger partial charge on any atom is 0.310 e. The lowest BCUT2D eigenvalue weighted by atomic mass is 9.79. The number of hydrogen-bond acceptors (Lipinski definition) is 2. The summed E-state index contributed by atoms with van der Waals surface area (Å²) >= 11 is 0. The monoisotopic (exact) mass is 171 g/mol. The molecule has 0 aromatic heterocycles. The second-order valence-corrected chi connectivity index (χ2v) is 3.93. The first-order valence-electron chi connectivity index (χ1n) is 4.56. The van der Waals surface area contributed by atoms with Crippen LogP contribution in [-0.4, -0.2) is 17.1 Å². The largest absolute Gasteiger partial charge is 0.481 e. The molecular formula is C9H17NO2. The Bertz CT molecular complexity index is 181. The second-order valence-electron chi connectivity index (χ2n) is 3.93. The van der Waals surface area contributed by atoms with Crippen molar-refractivity contribution in [3.63, 3.8) is 0 Å². The Morgan fingerprint density at radius 3 is 2.75 bits per heavy atom. The van der Waals surface area contributed by atoms with Gasteiger partial charge in [-0.15, -0.1) is 0 Å². The van der Waals surface area contributed by atoms with Crippen molar-refractivity contribution in [2.45, 2.75) is 45.1 Å². The number of carbonyl (C=O) groups is 1. The van der Waals surface area contributed by atoms with Gasteiger partial charge in [0.05, 0.1) is 5.41 Å². The Balaban J connectivity index is 2.75. The van der Waals surface area contributed by atoms with E-state index in [4.69, 9.17) is 10.8 Å². The summed E-state index contributed by atoms with van der Waals surface area (Å²) in [5.74, 6) is -0.739. The van der Waals surface area contributed by atoms with Crippen molar-refractivity contribution in [3.8, 4) is 0 Å². The van der Waals surface area contributed by atoms with E-state index in [1.165, 1.54) is 0 Å². The molecule has 3 nitrogen and oxygen atoms in total. The van der Waals surface area contributed by atoms with Gasteiger partial charge in [-0.05, 0) is 19.8 Å². The summed E-state index contributed by atoms with van der Waals surface area (Å²) in [6.45, 7) is 1.77. The van der Waals surface area contributed by atoms with Crippen LogP contribution >= 0.6 is 0 Å². The molecule has 0 spiro atoms. The van der Waals surface area contributed by atoms with Crippen LogP contribution < -0.4 is 5.73 Å². The Labute approximate surface area is 72.9 Å². The SMILES string of the molecule is C[C@]1(C(=O)O)CCCCC[C@@H]1N. The Morgan fingerprint density at radius 2 is 2.17 bits per heavy atom. The molecule has 0 aromatic carbocycles. The number of nitrogens with two attached hydrogens (primary N) is 1. The molecule has 0 bridgehead atoms. The van der Waals surface area contributed by atoms with Gasteiger partial charge in [0.15, 0.2) is 0 Å². The minimum absolute atomic E-state index is 0.169. The molecule has 0 aliphatic heterocycles. The molecule has 0 amide bonds. The van der Waals surface area contributed by atoms with Gasteiger partial charge in [-0.3, -0.25) is 4.79 Å². The molecule has 0 aromatic rings. The van der Waals surface area contributed by atoms with Gasteiger partial charge in [-0.2, -0.15) is 0 Å². The van der Waals surface area contributed by atoms with E-state index in [1.807, 2.05) is 0 Å². The zero-order chi connectivity index (χ0) is 9.19. The summed E-state index contributed by atoms with van der Waals surface area (Å²) in [5, 5.41) is 9.01. The fraction of sp³-hybridized carbons (Fsp3) is 0.889. The van der Waals surface area contributed by atoms with Crippen molar-refractivity contribution in [3.05, 3.63) is 0 Å². The van der Waals surface area contributed by atoms with Crippen LogP contribution in [0.15, 0.2) is 0 Å². The van der Waals surface area contributed by atoms with Crippen LogP contribution in [0.2, 0.25) is 0 Å². The van der Waals surface area contributed by atoms with Crippen LogP contribution in [-0.2, 0) is 4.79 Å². The van der Waals surface area contributed by atoms with Gasteiger partial charge in [0.2, 0.25) is 0 Å². The fourth-order valence-electron chi connectivity index (χ4n) is 1.80. The summed E-state index contributed by atoms with van der Waals surface area (Å²) in [7, 11) is 0. The zero-order valence-corrected chi connectivity index (χ0v) is 7.55. The van der Waals surface area contributed by atoms with Crippen molar-refractivity contribution >= 4 is 5.97 Å². The van der Waals surface area contributed by atoms with Gasteiger partial charge < -0.3 is 10.8 Å². The van der Waals surface area contributed by atoms with Crippen LogP contribution in [0, 0.1) is 5.41 Å². The van der Waals surface area contributed by atoms with Crippen molar-refractivity contribution in [1.82, 2.24) is 0 Å². The highest BCUT2D eigenvalue weighted by Gasteiger charge is 2.39. The van der Waals surface area contributed by atoms with E-state index in [2.05, 4.69) is 0 Å². The molecular weight excluding hydrogens is 154 g/mol. The van der Waals surface area contributed by atoms with Gasteiger partial charge >= 0.3 is 5.97 Å². The summed E-state index contributed by atoms with van der Waals surface area (Å²) in [5.41, 5.74) is 5.15. The van der Waals surface area contributed by atoms with Crippen molar-refractivity contribution in [2.24, 2.45) is 11.1 Å². The average molecular weight is 171 g/mol. The van der Waals surface area contributed by atoms with Gasteiger partial charge in [0, 0.05) is 6.04 Å². The molecule has 1 fully saturated rings. The molecule has 1 aliphatic carbocycles. The molecule has 1 saturated carbocycles. The third-order valence-electron chi connectivity index (χ3n) is 3.02. The van der Waals surface area contributed by atoms with E-state index < -0.39 is 11.4 Å². The third kappa shape index (κ3) is 1.61. The summed E-state index contributed by atoms with van der Waals surface area (Å²) in [6, 6.07) is -0.169. The molecule has 1 rings (SSSR count). The third-order valence-corrected chi connectivity index (χ3v) is 3.02. The van der Waals surface area contributed by atoms with Gasteiger partial charge in [0.1, 0.15) is 0 Å². The topological polar surface area (TPSA) is 63.3 Å². The molecule has 12 heavy (non-hydrogen) atoms. The summed E-state index contributed by atoms with van der Waals surface area (Å²) in [6.07, 6.45) is 4.77. The summed E-state index contributed by atoms with van der Waals surface area (Å²) in [4.78, 5) is 11.0. The van der Waals surface area contributed by atoms with Crippen molar-refractivity contribution in [2.75, 3.05) is 0 Å². The number of carboxylic acids is 1. The van der Waals surface area contributed by atoms with E-state index >= 15 is 0 Å². The minimum Gasteiger partial charge on any atom is -0.481 e. The van der Waals surface area contributed by atoms with E-state index in [1.54, 1.807) is 6.92 Å². The fourth-order valence-corrected chi connectivity index (χ4v) is 1.80. The maximum atomic E-state index is 11.0. The first kappa shape index (κ1) is 9.52. The predicted molar refractivity (Wildman–Crippen MR) is 46.8 cm³/mol. The van der Waals surface area contributed by atoms with Crippen molar-refractivity contribution < 1.29 is 9.90 Å². The molecule has 0 unspecified atom stereocenters. The smallest absolute Gasteiger partial charge is 0.310 e. The number of carboxylic acid groups (broad SMARTS) is 1. The quantitative estimate of drug-likeness (QED) is 0.586. The van der Waals surface area contributed by atoms with E-state index in [-0.39, 0.29) is 6.04 Å². The van der Waals surface area contributed by atoms with Crippen LogP contribution in [0.3, 0.4) is 0 Å². The number of aliphatic carboxylic acids is 1. The van der Waals surface area contributed by atoms with E-state index in [0.29, 0.717) is 0 Å². The van der Waals surface area contributed by atoms with Crippen molar-refractivity contribution in [1.29, 1.82) is 0 Å². The van der Waals surface area contributed by atoms with E-state index in [0.717, 1.165) is 32.1 Å². The highest BCUT2D eigenvalue weighted by molar-refractivity contribution is 5.75. The predicted octanol–water partition coefficient (Wildman–Crippen LogP) is 1.37. The lowest BCUT2D eigenvalue weighted by Gasteiger charge is -2.28. The highest BCUT2D eigenvalue weighted by atomic mass is 16.4. The Morgan fingerprint density at radius 1 is 1.50 bits per heavy atom. The lowest BCUT2D eigenvalue weighted by molar-refractivity contribution is -0.149. The molecule has 70 valence electrons. The van der Waals surface area contributed by atoms with Gasteiger partial charge in [-0.1, -0.05) is 19.3 Å². The first-order valence-corrected chi connectivity index (χ1v) is 4.56. The van der Waals surface area contributed by atoms with Gasteiger partial charge in [0.25, 0.3) is 0 Å². The second kappa shape index (κ2) is 3.44. The van der Waals surface area contributed by atoms with Crippen LogP contribution in [0.5, 0.6) is 0 Å². The maximum absolute atomic E-state index is 11.0. The minimum atomic E-state index is -0.739. The molecule has 0 radical (unpaired) electrons. The Hall–Kier alpha value is -0.570. The highest BCUT2D eigenvalue weighted by Crippen LogP contribution is 2.33. The summed E-state index contributed by atoms with van der Waals surface area (Å²) < 4.78 is 0. The molecule has 3 heteroatoms. The number of rotatable bonds is 1. The lowest BCUT2D eigenvalue weighted by Crippen LogP contribution is -2.44. The van der Waals surface area contributed by atoms with Gasteiger partial charge in [-0.25, -0.2) is 0 Å². The molecule has 0 heterocycles. The Kier molecular flexibility index (Phi) is 2.73. The number of hydrogen-bond donors (Lipinski definition) is 2. The average Bonchev–Trinajstić information content (AvgIpc) is 2.16. The van der Waals surface area contributed by atoms with Crippen LogP contribution in [0.25, 0.3) is 0 Å². The molecule has 0 saturated heterocycles. The van der Waals surface area contributed by atoms with Crippen LogP contribution in [0.4, 0.5) is 0 Å². The van der Waals surface area contributed by atoms with E-state index in [9.17, 15) is 4.79 Å². The molecule has 1 aliphatic rings. The first-order chi connectivity index (χ1) is 5.57. The molecule has 3 N–H and O–H groups in total.